The van der Waals surface area contributed by atoms with E-state index in [1.807, 2.05) is 6.07 Å². The molecular formula is C26H19N3O6S. The fourth-order valence-electron chi connectivity index (χ4n) is 4.35. The summed E-state index contributed by atoms with van der Waals surface area (Å²) in [5.74, 6) is -0.252. The van der Waals surface area contributed by atoms with Gasteiger partial charge >= 0.3 is 5.91 Å². The van der Waals surface area contributed by atoms with E-state index in [1.165, 1.54) is 16.2 Å². The van der Waals surface area contributed by atoms with Gasteiger partial charge in [-0.15, -0.1) is 0 Å². The van der Waals surface area contributed by atoms with Crippen LogP contribution in [-0.2, 0) is 9.59 Å². The number of pyridine rings is 1. The lowest BCUT2D eigenvalue weighted by atomic mass is 9.96. The minimum Gasteiger partial charge on any atom is -0.507 e. The van der Waals surface area contributed by atoms with Gasteiger partial charge in [-0.3, -0.25) is 19.5 Å². The number of anilines is 1. The van der Waals surface area contributed by atoms with E-state index < -0.39 is 17.7 Å². The third-order valence-corrected chi connectivity index (χ3v) is 7.07. The number of ketones is 1. The van der Waals surface area contributed by atoms with E-state index in [9.17, 15) is 14.7 Å². The number of hydrogen-bond donors (Lipinski definition) is 1. The normalized spacial score (nSPS) is 18.6. The predicted molar refractivity (Wildman–Crippen MR) is 133 cm³/mol. The first-order valence-corrected chi connectivity index (χ1v) is 11.9. The third-order valence-electron chi connectivity index (χ3n) is 6.05. The van der Waals surface area contributed by atoms with Gasteiger partial charge in [0, 0.05) is 18.0 Å². The lowest BCUT2D eigenvalue weighted by molar-refractivity contribution is -0.132. The molecule has 0 aliphatic carbocycles. The molecule has 0 spiro atoms. The Balaban J connectivity index is 1.52. The molecule has 6 rings (SSSR count). The summed E-state index contributed by atoms with van der Waals surface area (Å²) in [4.78, 5) is 36.8. The van der Waals surface area contributed by atoms with Crippen LogP contribution in [-0.4, -0.2) is 47.1 Å². The monoisotopic (exact) mass is 501 g/mol. The number of carbonyl (C=O) groups excluding carboxylic acids is 2. The molecule has 1 amide bonds. The van der Waals surface area contributed by atoms with Gasteiger partial charge < -0.3 is 19.3 Å². The number of Topliss-reactive ketones (excluding diaryl/α,β-unsaturated/α-hetero) is 1. The molecule has 1 saturated heterocycles. The van der Waals surface area contributed by atoms with Gasteiger partial charge in [-0.2, -0.15) is 0 Å². The lowest BCUT2D eigenvalue weighted by Crippen LogP contribution is -2.29. The Morgan fingerprint density at radius 3 is 2.72 bits per heavy atom. The first-order chi connectivity index (χ1) is 17.5. The molecular weight excluding hydrogens is 482 g/mol. The Morgan fingerprint density at radius 1 is 1.11 bits per heavy atom. The van der Waals surface area contributed by atoms with E-state index >= 15 is 0 Å². The predicted octanol–water partition coefficient (Wildman–Crippen LogP) is 4.10. The molecule has 2 aliphatic heterocycles. The van der Waals surface area contributed by atoms with Gasteiger partial charge in [0.25, 0.3) is 5.78 Å². The van der Waals surface area contributed by atoms with Crippen molar-refractivity contribution in [1.82, 2.24) is 9.97 Å². The van der Waals surface area contributed by atoms with Gasteiger partial charge in [0.2, 0.25) is 0 Å². The quantitative estimate of drug-likeness (QED) is 0.253. The lowest BCUT2D eigenvalue weighted by Gasteiger charge is -2.23. The van der Waals surface area contributed by atoms with Gasteiger partial charge in [-0.05, 0) is 48.0 Å². The zero-order chi connectivity index (χ0) is 24.8. The van der Waals surface area contributed by atoms with Crippen molar-refractivity contribution in [2.45, 2.75) is 6.04 Å². The number of hydrogen-bond acceptors (Lipinski definition) is 9. The topological polar surface area (TPSA) is 111 Å². The number of aliphatic hydroxyl groups is 1. The molecule has 36 heavy (non-hydrogen) atoms. The molecule has 1 atom stereocenters. The number of ether oxygens (including phenoxy) is 3. The fraction of sp³-hybridized carbons (Fsp3) is 0.154. The van der Waals surface area contributed by atoms with Crippen molar-refractivity contribution < 1.29 is 28.9 Å². The van der Waals surface area contributed by atoms with Crippen LogP contribution in [0, 0.1) is 0 Å². The van der Waals surface area contributed by atoms with Crippen LogP contribution in [0.2, 0.25) is 0 Å². The van der Waals surface area contributed by atoms with Crippen LogP contribution in [0.4, 0.5) is 5.13 Å². The zero-order valence-corrected chi connectivity index (χ0v) is 19.8. The van der Waals surface area contributed by atoms with Crippen LogP contribution < -0.4 is 19.1 Å². The van der Waals surface area contributed by atoms with Gasteiger partial charge in [0.1, 0.15) is 24.7 Å². The molecule has 2 aromatic carbocycles. The van der Waals surface area contributed by atoms with Crippen molar-refractivity contribution in [3.8, 4) is 17.2 Å². The number of amides is 1. The molecule has 10 heteroatoms. The number of aromatic nitrogens is 2. The Morgan fingerprint density at radius 2 is 1.94 bits per heavy atom. The fourth-order valence-corrected chi connectivity index (χ4v) is 5.37. The Bertz CT molecular complexity index is 1550. The summed E-state index contributed by atoms with van der Waals surface area (Å²) in [5.41, 5.74) is 1.50. The molecule has 1 fully saturated rings. The smallest absolute Gasteiger partial charge is 0.301 e. The highest BCUT2D eigenvalue weighted by Gasteiger charge is 2.48. The standard InChI is InChI=1S/C26H19N3O6S/c1-33-16-5-6-17-20(12-16)36-26(28-17)29-22(15-3-2-8-27-13-15)21(24(31)25(29)32)23(30)14-4-7-18-19(11-14)35-10-9-34-18/h2-8,11-13,22,30H,9-10H2,1H3. The second kappa shape index (κ2) is 8.65. The Hall–Kier alpha value is -4.44. The van der Waals surface area contributed by atoms with Crippen molar-refractivity contribution >= 4 is 44.1 Å². The van der Waals surface area contributed by atoms with Crippen LogP contribution in [0.3, 0.4) is 0 Å². The van der Waals surface area contributed by atoms with Crippen LogP contribution >= 0.6 is 11.3 Å². The molecule has 1 unspecified atom stereocenters. The van der Waals surface area contributed by atoms with E-state index in [0.717, 1.165) is 4.70 Å². The molecule has 2 aliphatic rings. The molecule has 9 nitrogen and oxygen atoms in total. The van der Waals surface area contributed by atoms with Crippen molar-refractivity contribution in [3.63, 3.8) is 0 Å². The largest absolute Gasteiger partial charge is 0.507 e. The first kappa shape index (κ1) is 22.1. The van der Waals surface area contributed by atoms with E-state index in [0.29, 0.717) is 52.2 Å². The molecule has 0 bridgehead atoms. The van der Waals surface area contributed by atoms with Crippen LogP contribution in [0.5, 0.6) is 17.2 Å². The second-order valence-electron chi connectivity index (χ2n) is 8.14. The minimum atomic E-state index is -0.922. The van der Waals surface area contributed by atoms with Crippen LogP contribution in [0.1, 0.15) is 17.2 Å². The van der Waals surface area contributed by atoms with E-state index in [4.69, 9.17) is 14.2 Å². The maximum atomic E-state index is 13.4. The molecule has 2 aromatic heterocycles. The number of fused-ring (bicyclic) bond motifs is 2. The second-order valence-corrected chi connectivity index (χ2v) is 9.15. The van der Waals surface area contributed by atoms with E-state index in [-0.39, 0.29) is 11.3 Å². The highest BCUT2D eigenvalue weighted by atomic mass is 32.1. The highest BCUT2D eigenvalue weighted by molar-refractivity contribution is 7.22. The molecule has 4 heterocycles. The maximum Gasteiger partial charge on any atom is 0.301 e. The minimum absolute atomic E-state index is 0.0542. The summed E-state index contributed by atoms with van der Waals surface area (Å²) in [7, 11) is 1.57. The van der Waals surface area contributed by atoms with Crippen molar-refractivity contribution in [2.24, 2.45) is 0 Å². The molecule has 0 saturated carbocycles. The van der Waals surface area contributed by atoms with Crippen LogP contribution in [0.25, 0.3) is 16.0 Å². The molecule has 180 valence electrons. The molecule has 1 N–H and O–H groups in total. The number of rotatable bonds is 4. The summed E-state index contributed by atoms with van der Waals surface area (Å²) in [6, 6.07) is 12.8. The van der Waals surface area contributed by atoms with Gasteiger partial charge in [-0.25, -0.2) is 4.98 Å². The first-order valence-electron chi connectivity index (χ1n) is 11.1. The SMILES string of the molecule is COc1ccc2nc(N3C(=O)C(=O)C(=C(O)c4ccc5c(c4)OCCO5)C3c3cccnc3)sc2c1. The number of aliphatic hydroxyl groups excluding tert-OH is 1. The van der Waals surface area contributed by atoms with Crippen molar-refractivity contribution in [3.05, 3.63) is 77.6 Å². The van der Waals surface area contributed by atoms with Gasteiger partial charge in [0.15, 0.2) is 16.6 Å². The number of thiazole rings is 1. The van der Waals surface area contributed by atoms with E-state index in [2.05, 4.69) is 9.97 Å². The zero-order valence-electron chi connectivity index (χ0n) is 19.0. The third kappa shape index (κ3) is 3.54. The summed E-state index contributed by atoms with van der Waals surface area (Å²) in [5, 5.41) is 11.7. The average molecular weight is 502 g/mol. The number of methoxy groups -OCH3 is 1. The van der Waals surface area contributed by atoms with E-state index in [1.54, 1.807) is 62.0 Å². The molecule has 4 aromatic rings. The maximum absolute atomic E-state index is 13.4. The van der Waals surface area contributed by atoms with Crippen molar-refractivity contribution in [1.29, 1.82) is 0 Å². The number of benzene rings is 2. The van der Waals surface area contributed by atoms with Crippen LogP contribution in [0.15, 0.2) is 66.5 Å². The number of nitrogens with zero attached hydrogens (tertiary/aromatic N) is 3. The number of carbonyl (C=O) groups is 2. The Kier molecular flexibility index (Phi) is 5.30. The summed E-state index contributed by atoms with van der Waals surface area (Å²) >= 11 is 1.26. The van der Waals surface area contributed by atoms with Crippen molar-refractivity contribution in [2.75, 3.05) is 25.2 Å². The Labute approximate surface area is 209 Å². The average Bonchev–Trinajstić information content (AvgIpc) is 3.46. The van der Waals surface area contributed by atoms with Gasteiger partial charge in [0.05, 0.1) is 28.9 Å². The summed E-state index contributed by atoms with van der Waals surface area (Å²) in [6.07, 6.45) is 3.16. The summed E-state index contributed by atoms with van der Waals surface area (Å²) < 4.78 is 17.3. The van der Waals surface area contributed by atoms with Gasteiger partial charge in [-0.1, -0.05) is 17.4 Å². The summed E-state index contributed by atoms with van der Waals surface area (Å²) in [6.45, 7) is 0.804. The highest BCUT2D eigenvalue weighted by Crippen LogP contribution is 2.45. The molecule has 0 radical (unpaired) electrons.